The van der Waals surface area contributed by atoms with Gasteiger partial charge >= 0.3 is 0 Å². The first-order valence-electron chi connectivity index (χ1n) is 5.42. The van der Waals surface area contributed by atoms with Crippen LogP contribution in [0.2, 0.25) is 0 Å². The number of hydrogen-bond acceptors (Lipinski definition) is 4. The molecule has 1 heterocycles. The summed E-state index contributed by atoms with van der Waals surface area (Å²) in [6.45, 7) is 1.82. The van der Waals surface area contributed by atoms with Crippen LogP contribution in [-0.4, -0.2) is 15.1 Å². The van der Waals surface area contributed by atoms with Crippen molar-refractivity contribution in [3.8, 4) is 5.88 Å². The van der Waals surface area contributed by atoms with Crippen LogP contribution in [0, 0.1) is 0 Å². The van der Waals surface area contributed by atoms with E-state index in [-0.39, 0.29) is 12.7 Å². The predicted octanol–water partition coefficient (Wildman–Crippen LogP) is 2.11. The Morgan fingerprint density at radius 2 is 2.06 bits per heavy atom. The summed E-state index contributed by atoms with van der Waals surface area (Å²) < 4.78 is 5.71. The third-order valence-corrected chi connectivity index (χ3v) is 2.47. The minimum Gasteiger partial charge on any atom is -0.469 e. The monoisotopic (exact) mass is 230 g/mol. The Balaban J connectivity index is 2.16. The largest absolute Gasteiger partial charge is 0.469 e. The van der Waals surface area contributed by atoms with Crippen molar-refractivity contribution >= 4 is 0 Å². The summed E-state index contributed by atoms with van der Waals surface area (Å²) in [6, 6.07) is 9.86. The van der Waals surface area contributed by atoms with Gasteiger partial charge in [-0.1, -0.05) is 30.3 Å². The SMILES string of the molecule is CC(Oc1ncncc1CO)c1ccccc1. The highest BCUT2D eigenvalue weighted by Crippen LogP contribution is 2.22. The number of aliphatic hydroxyl groups is 1. The molecule has 2 aromatic rings. The molecule has 2 rings (SSSR count). The van der Waals surface area contributed by atoms with Crippen LogP contribution in [0.1, 0.15) is 24.2 Å². The van der Waals surface area contributed by atoms with E-state index < -0.39 is 0 Å². The van der Waals surface area contributed by atoms with E-state index in [4.69, 9.17) is 9.84 Å². The summed E-state index contributed by atoms with van der Waals surface area (Å²) >= 11 is 0. The van der Waals surface area contributed by atoms with Gasteiger partial charge in [-0.2, -0.15) is 0 Å². The minimum atomic E-state index is -0.127. The molecule has 1 aromatic heterocycles. The van der Waals surface area contributed by atoms with Crippen molar-refractivity contribution in [1.82, 2.24) is 9.97 Å². The van der Waals surface area contributed by atoms with Gasteiger partial charge < -0.3 is 9.84 Å². The molecule has 0 bridgehead atoms. The average Bonchev–Trinajstić information content (AvgIpc) is 2.40. The van der Waals surface area contributed by atoms with Crippen molar-refractivity contribution in [2.45, 2.75) is 19.6 Å². The quantitative estimate of drug-likeness (QED) is 0.874. The van der Waals surface area contributed by atoms with Crippen LogP contribution in [0.15, 0.2) is 42.9 Å². The van der Waals surface area contributed by atoms with Crippen LogP contribution in [0.25, 0.3) is 0 Å². The van der Waals surface area contributed by atoms with Gasteiger partial charge in [0.1, 0.15) is 12.4 Å². The summed E-state index contributed by atoms with van der Waals surface area (Å²) in [5.74, 6) is 0.429. The van der Waals surface area contributed by atoms with Crippen molar-refractivity contribution in [1.29, 1.82) is 0 Å². The molecule has 4 nitrogen and oxygen atoms in total. The van der Waals surface area contributed by atoms with Gasteiger partial charge in [0.15, 0.2) is 0 Å². The first-order valence-corrected chi connectivity index (χ1v) is 5.42. The highest BCUT2D eigenvalue weighted by molar-refractivity contribution is 5.23. The number of rotatable bonds is 4. The summed E-state index contributed by atoms with van der Waals surface area (Å²) in [5.41, 5.74) is 1.66. The van der Waals surface area contributed by atoms with Crippen LogP contribution in [0.4, 0.5) is 0 Å². The zero-order valence-electron chi connectivity index (χ0n) is 9.58. The highest BCUT2D eigenvalue weighted by Gasteiger charge is 2.10. The molecule has 0 saturated heterocycles. The summed E-state index contributed by atoms with van der Waals surface area (Å²) in [6.07, 6.45) is 2.85. The van der Waals surface area contributed by atoms with Crippen LogP contribution in [-0.2, 0) is 6.61 Å². The topological polar surface area (TPSA) is 55.2 Å². The van der Waals surface area contributed by atoms with Crippen LogP contribution >= 0.6 is 0 Å². The molecule has 0 aliphatic carbocycles. The Morgan fingerprint density at radius 3 is 2.76 bits per heavy atom. The summed E-state index contributed by atoms with van der Waals surface area (Å²) in [4.78, 5) is 7.87. The van der Waals surface area contributed by atoms with Crippen molar-refractivity contribution in [3.05, 3.63) is 54.0 Å². The normalized spacial score (nSPS) is 12.1. The highest BCUT2D eigenvalue weighted by atomic mass is 16.5. The molecule has 1 N–H and O–H groups in total. The van der Waals surface area contributed by atoms with E-state index >= 15 is 0 Å². The maximum absolute atomic E-state index is 9.14. The number of hydrogen-bond donors (Lipinski definition) is 1. The zero-order chi connectivity index (χ0) is 12.1. The average molecular weight is 230 g/mol. The Hall–Kier alpha value is -1.94. The lowest BCUT2D eigenvalue weighted by atomic mass is 10.1. The van der Waals surface area contributed by atoms with E-state index in [1.807, 2.05) is 37.3 Å². The molecule has 0 aliphatic rings. The van der Waals surface area contributed by atoms with E-state index in [0.717, 1.165) is 5.56 Å². The van der Waals surface area contributed by atoms with Crippen LogP contribution in [0.3, 0.4) is 0 Å². The fourth-order valence-corrected chi connectivity index (χ4v) is 1.52. The Kier molecular flexibility index (Phi) is 3.67. The fourth-order valence-electron chi connectivity index (χ4n) is 1.52. The van der Waals surface area contributed by atoms with E-state index in [2.05, 4.69) is 9.97 Å². The van der Waals surface area contributed by atoms with Gasteiger partial charge in [-0.05, 0) is 12.5 Å². The molecule has 0 radical (unpaired) electrons. The van der Waals surface area contributed by atoms with Gasteiger partial charge in [0.2, 0.25) is 5.88 Å². The number of aromatic nitrogens is 2. The maximum atomic E-state index is 9.14. The molecular formula is C13H14N2O2. The van der Waals surface area contributed by atoms with Crippen molar-refractivity contribution in [2.75, 3.05) is 0 Å². The predicted molar refractivity (Wildman–Crippen MR) is 63.4 cm³/mol. The molecule has 1 aromatic carbocycles. The zero-order valence-corrected chi connectivity index (χ0v) is 9.58. The molecular weight excluding hydrogens is 216 g/mol. The lowest BCUT2D eigenvalue weighted by molar-refractivity contribution is 0.203. The Morgan fingerprint density at radius 1 is 1.29 bits per heavy atom. The minimum absolute atomic E-state index is 0.114. The molecule has 0 amide bonds. The number of nitrogens with zero attached hydrogens (tertiary/aromatic N) is 2. The van der Waals surface area contributed by atoms with Gasteiger partial charge in [0.05, 0.1) is 12.2 Å². The molecule has 0 aliphatic heterocycles. The van der Waals surface area contributed by atoms with Crippen molar-refractivity contribution in [3.63, 3.8) is 0 Å². The van der Waals surface area contributed by atoms with Crippen molar-refractivity contribution in [2.24, 2.45) is 0 Å². The molecule has 0 spiro atoms. The molecule has 1 atom stereocenters. The lowest BCUT2D eigenvalue weighted by Gasteiger charge is -2.15. The van der Waals surface area contributed by atoms with Gasteiger partial charge in [0.25, 0.3) is 0 Å². The summed E-state index contributed by atoms with van der Waals surface area (Å²) in [5, 5.41) is 9.14. The maximum Gasteiger partial charge on any atom is 0.222 e. The first-order chi connectivity index (χ1) is 8.31. The molecule has 0 fully saturated rings. The number of aliphatic hydroxyl groups excluding tert-OH is 1. The summed E-state index contributed by atoms with van der Waals surface area (Å²) in [7, 11) is 0. The van der Waals surface area contributed by atoms with Gasteiger partial charge in [0, 0.05) is 6.20 Å². The van der Waals surface area contributed by atoms with Gasteiger partial charge in [-0.25, -0.2) is 9.97 Å². The smallest absolute Gasteiger partial charge is 0.222 e. The van der Waals surface area contributed by atoms with Crippen LogP contribution < -0.4 is 4.74 Å². The number of benzene rings is 1. The second kappa shape index (κ2) is 5.41. The van der Waals surface area contributed by atoms with Gasteiger partial charge in [-0.15, -0.1) is 0 Å². The second-order valence-corrected chi connectivity index (χ2v) is 3.68. The standard InChI is InChI=1S/C13H14N2O2/c1-10(11-5-3-2-4-6-11)17-13-12(8-16)7-14-9-15-13/h2-7,9-10,16H,8H2,1H3. The molecule has 88 valence electrons. The molecule has 0 saturated carbocycles. The van der Waals surface area contributed by atoms with Crippen molar-refractivity contribution < 1.29 is 9.84 Å². The van der Waals surface area contributed by atoms with E-state index in [9.17, 15) is 0 Å². The van der Waals surface area contributed by atoms with Gasteiger partial charge in [-0.3, -0.25) is 0 Å². The van der Waals surface area contributed by atoms with E-state index in [1.54, 1.807) is 6.20 Å². The van der Waals surface area contributed by atoms with Crippen LogP contribution in [0.5, 0.6) is 5.88 Å². The first kappa shape index (κ1) is 11.5. The van der Waals surface area contributed by atoms with E-state index in [1.165, 1.54) is 6.33 Å². The lowest BCUT2D eigenvalue weighted by Crippen LogP contribution is -2.06. The number of ether oxygens (including phenoxy) is 1. The Labute approximate surface area is 99.9 Å². The third kappa shape index (κ3) is 2.79. The Bertz CT molecular complexity index is 474. The van der Waals surface area contributed by atoms with E-state index in [0.29, 0.717) is 11.4 Å². The second-order valence-electron chi connectivity index (χ2n) is 3.68. The molecule has 1 unspecified atom stereocenters. The third-order valence-electron chi connectivity index (χ3n) is 2.47. The molecule has 4 heteroatoms. The molecule has 17 heavy (non-hydrogen) atoms. The fraction of sp³-hybridized carbons (Fsp3) is 0.231.